The molecule has 0 atom stereocenters. The Morgan fingerprint density at radius 1 is 0.900 bits per heavy atom. The van der Waals surface area contributed by atoms with E-state index in [4.69, 9.17) is 23.2 Å². The van der Waals surface area contributed by atoms with E-state index < -0.39 is 0 Å². The third-order valence-electron chi connectivity index (χ3n) is 3.39. The first-order valence-electron chi connectivity index (χ1n) is 6.46. The minimum absolute atomic E-state index is 0.427. The summed E-state index contributed by atoms with van der Waals surface area (Å²) in [5.41, 5.74) is 1.09. The number of halogens is 2. The number of para-hydroxylation sites is 1. The quantitative estimate of drug-likeness (QED) is 0.853. The Bertz CT molecular complexity index is 597. The third kappa shape index (κ3) is 2.81. The molecular weight excluding hydrogens is 295 g/mol. The van der Waals surface area contributed by atoms with Gasteiger partial charge in [-0.15, -0.1) is 0 Å². The Labute approximate surface area is 128 Å². The molecule has 104 valence electrons. The standard InChI is InChI=1S/C14H14Cl2N4/c15-11-3-1-2-4-12(11)19-5-7-20(8-6-19)14-10-17-9-13(16)18-14/h1-4,9-10H,5-8H2. The van der Waals surface area contributed by atoms with E-state index in [-0.39, 0.29) is 0 Å². The summed E-state index contributed by atoms with van der Waals surface area (Å²) in [4.78, 5) is 12.9. The maximum Gasteiger partial charge on any atom is 0.149 e. The number of piperazine rings is 1. The molecule has 1 aromatic carbocycles. The van der Waals surface area contributed by atoms with Crippen LogP contribution in [0.4, 0.5) is 11.5 Å². The van der Waals surface area contributed by atoms with E-state index >= 15 is 0 Å². The Kier molecular flexibility index (Phi) is 3.94. The summed E-state index contributed by atoms with van der Waals surface area (Å²) in [5, 5.41) is 1.22. The average molecular weight is 309 g/mol. The molecule has 20 heavy (non-hydrogen) atoms. The largest absolute Gasteiger partial charge is 0.367 e. The molecule has 1 aliphatic heterocycles. The van der Waals surface area contributed by atoms with Gasteiger partial charge in [0, 0.05) is 26.2 Å². The molecule has 2 aromatic rings. The van der Waals surface area contributed by atoms with Crippen molar-refractivity contribution in [1.82, 2.24) is 9.97 Å². The molecule has 0 unspecified atom stereocenters. The van der Waals surface area contributed by atoms with Crippen LogP contribution in [0, 0.1) is 0 Å². The lowest BCUT2D eigenvalue weighted by molar-refractivity contribution is 0.646. The van der Waals surface area contributed by atoms with Gasteiger partial charge in [-0.05, 0) is 12.1 Å². The van der Waals surface area contributed by atoms with Crippen molar-refractivity contribution >= 4 is 34.7 Å². The van der Waals surface area contributed by atoms with Gasteiger partial charge >= 0.3 is 0 Å². The second-order valence-electron chi connectivity index (χ2n) is 4.63. The lowest BCUT2D eigenvalue weighted by Crippen LogP contribution is -2.47. The van der Waals surface area contributed by atoms with E-state index in [1.54, 1.807) is 12.4 Å². The molecule has 0 spiro atoms. The van der Waals surface area contributed by atoms with Gasteiger partial charge < -0.3 is 9.80 Å². The van der Waals surface area contributed by atoms with Crippen LogP contribution >= 0.6 is 23.2 Å². The number of hydrogen-bond acceptors (Lipinski definition) is 4. The monoisotopic (exact) mass is 308 g/mol. The van der Waals surface area contributed by atoms with Gasteiger partial charge in [0.05, 0.1) is 23.1 Å². The summed E-state index contributed by atoms with van der Waals surface area (Å²) >= 11 is 12.1. The topological polar surface area (TPSA) is 32.3 Å². The number of rotatable bonds is 2. The Balaban J connectivity index is 1.70. The van der Waals surface area contributed by atoms with Crippen LogP contribution in [0.3, 0.4) is 0 Å². The van der Waals surface area contributed by atoms with Crippen molar-refractivity contribution in [3.63, 3.8) is 0 Å². The van der Waals surface area contributed by atoms with E-state index in [9.17, 15) is 0 Å². The van der Waals surface area contributed by atoms with Crippen LogP contribution in [-0.2, 0) is 0 Å². The minimum Gasteiger partial charge on any atom is -0.367 e. The molecule has 1 fully saturated rings. The van der Waals surface area contributed by atoms with Crippen molar-refractivity contribution in [2.75, 3.05) is 36.0 Å². The zero-order chi connectivity index (χ0) is 13.9. The van der Waals surface area contributed by atoms with Crippen molar-refractivity contribution < 1.29 is 0 Å². The van der Waals surface area contributed by atoms with Crippen LogP contribution in [-0.4, -0.2) is 36.1 Å². The minimum atomic E-state index is 0.427. The van der Waals surface area contributed by atoms with Crippen LogP contribution in [0.5, 0.6) is 0 Å². The fourth-order valence-corrected chi connectivity index (χ4v) is 2.77. The lowest BCUT2D eigenvalue weighted by atomic mass is 10.2. The van der Waals surface area contributed by atoms with Gasteiger partial charge in [-0.25, -0.2) is 4.98 Å². The van der Waals surface area contributed by atoms with E-state index in [0.717, 1.165) is 42.7 Å². The second-order valence-corrected chi connectivity index (χ2v) is 5.42. The molecule has 0 aliphatic carbocycles. The first-order valence-corrected chi connectivity index (χ1v) is 7.21. The summed E-state index contributed by atoms with van der Waals surface area (Å²) in [6, 6.07) is 7.93. The average Bonchev–Trinajstić information content (AvgIpc) is 2.48. The molecule has 4 nitrogen and oxygen atoms in total. The predicted octanol–water partition coefficient (Wildman–Crippen LogP) is 3.11. The number of aromatic nitrogens is 2. The van der Waals surface area contributed by atoms with Crippen LogP contribution in [0.25, 0.3) is 0 Å². The Hall–Kier alpha value is -1.52. The summed E-state index contributed by atoms with van der Waals surface area (Å²) in [7, 11) is 0. The van der Waals surface area contributed by atoms with Crippen molar-refractivity contribution in [3.05, 3.63) is 46.8 Å². The molecule has 0 bridgehead atoms. The van der Waals surface area contributed by atoms with E-state index in [0.29, 0.717) is 5.15 Å². The number of anilines is 2. The van der Waals surface area contributed by atoms with Gasteiger partial charge in [-0.3, -0.25) is 4.98 Å². The molecule has 1 aliphatic rings. The molecular formula is C14H14Cl2N4. The molecule has 1 aromatic heterocycles. The fourth-order valence-electron chi connectivity index (χ4n) is 2.37. The smallest absolute Gasteiger partial charge is 0.149 e. The number of hydrogen-bond donors (Lipinski definition) is 0. The Morgan fingerprint density at radius 3 is 2.30 bits per heavy atom. The summed E-state index contributed by atoms with van der Waals surface area (Å²) < 4.78 is 0. The molecule has 3 rings (SSSR count). The maximum atomic E-state index is 6.24. The highest BCUT2D eigenvalue weighted by molar-refractivity contribution is 6.33. The van der Waals surface area contributed by atoms with Gasteiger partial charge in [0.25, 0.3) is 0 Å². The Morgan fingerprint density at radius 2 is 1.60 bits per heavy atom. The molecule has 2 heterocycles. The number of benzene rings is 1. The van der Waals surface area contributed by atoms with Gasteiger partial charge in [-0.2, -0.15) is 0 Å². The van der Waals surface area contributed by atoms with Crippen LogP contribution < -0.4 is 9.80 Å². The van der Waals surface area contributed by atoms with Gasteiger partial charge in [0.2, 0.25) is 0 Å². The first-order chi connectivity index (χ1) is 9.74. The molecule has 6 heteroatoms. The van der Waals surface area contributed by atoms with E-state index in [2.05, 4.69) is 25.8 Å². The normalized spacial score (nSPS) is 15.5. The van der Waals surface area contributed by atoms with Crippen molar-refractivity contribution in [1.29, 1.82) is 0 Å². The van der Waals surface area contributed by atoms with Crippen molar-refractivity contribution in [3.8, 4) is 0 Å². The predicted molar refractivity (Wildman–Crippen MR) is 82.9 cm³/mol. The van der Waals surface area contributed by atoms with E-state index in [1.165, 1.54) is 0 Å². The second kappa shape index (κ2) is 5.85. The van der Waals surface area contributed by atoms with E-state index in [1.807, 2.05) is 18.2 Å². The third-order valence-corrected chi connectivity index (χ3v) is 3.89. The molecule has 1 saturated heterocycles. The molecule has 0 radical (unpaired) electrons. The van der Waals surface area contributed by atoms with Gasteiger partial charge in [-0.1, -0.05) is 35.3 Å². The first kappa shape index (κ1) is 13.5. The zero-order valence-electron chi connectivity index (χ0n) is 10.8. The molecule has 0 amide bonds. The molecule has 0 saturated carbocycles. The lowest BCUT2D eigenvalue weighted by Gasteiger charge is -2.36. The summed E-state index contributed by atoms with van der Waals surface area (Å²) in [6.45, 7) is 3.55. The fraction of sp³-hybridized carbons (Fsp3) is 0.286. The van der Waals surface area contributed by atoms with Crippen LogP contribution in [0.1, 0.15) is 0 Å². The molecule has 0 N–H and O–H groups in total. The summed E-state index contributed by atoms with van der Waals surface area (Å²) in [5.74, 6) is 0.830. The van der Waals surface area contributed by atoms with Gasteiger partial charge in [0.1, 0.15) is 11.0 Å². The van der Waals surface area contributed by atoms with Crippen LogP contribution in [0.2, 0.25) is 10.2 Å². The SMILES string of the molecule is Clc1cncc(N2CCN(c3ccccc3Cl)CC2)n1. The maximum absolute atomic E-state index is 6.24. The highest BCUT2D eigenvalue weighted by atomic mass is 35.5. The van der Waals surface area contributed by atoms with Crippen LogP contribution in [0.15, 0.2) is 36.7 Å². The van der Waals surface area contributed by atoms with Gasteiger partial charge in [0.15, 0.2) is 0 Å². The summed E-state index contributed by atoms with van der Waals surface area (Å²) in [6.07, 6.45) is 3.29. The van der Waals surface area contributed by atoms with Crippen molar-refractivity contribution in [2.24, 2.45) is 0 Å². The zero-order valence-corrected chi connectivity index (χ0v) is 12.3. The number of nitrogens with zero attached hydrogens (tertiary/aromatic N) is 4. The highest BCUT2D eigenvalue weighted by Gasteiger charge is 2.19. The highest BCUT2D eigenvalue weighted by Crippen LogP contribution is 2.26. The van der Waals surface area contributed by atoms with Crippen molar-refractivity contribution in [2.45, 2.75) is 0 Å².